The molecule has 1 heterocycles. The van der Waals surface area contributed by atoms with Crippen LogP contribution in [0, 0.1) is 0 Å². The molecule has 0 amide bonds. The normalized spacial score (nSPS) is 17.6. The van der Waals surface area contributed by atoms with Gasteiger partial charge in [-0.05, 0) is 25.0 Å². The molecule has 1 aromatic carbocycles. The maximum absolute atomic E-state index is 12.1. The van der Waals surface area contributed by atoms with Gasteiger partial charge in [0.2, 0.25) is 10.0 Å². The van der Waals surface area contributed by atoms with Gasteiger partial charge < -0.3 is 5.02 Å². The molecular formula is C10H13BNO3S. The zero-order valence-corrected chi connectivity index (χ0v) is 9.65. The summed E-state index contributed by atoms with van der Waals surface area (Å²) < 4.78 is 25.8. The van der Waals surface area contributed by atoms with Crippen molar-refractivity contribution in [1.29, 1.82) is 0 Å². The highest BCUT2D eigenvalue weighted by molar-refractivity contribution is 7.89. The summed E-state index contributed by atoms with van der Waals surface area (Å²) >= 11 is 0. The Morgan fingerprint density at radius 2 is 1.94 bits per heavy atom. The van der Waals surface area contributed by atoms with Crippen molar-refractivity contribution in [2.24, 2.45) is 0 Å². The van der Waals surface area contributed by atoms with E-state index >= 15 is 0 Å². The molecule has 6 heteroatoms. The van der Waals surface area contributed by atoms with E-state index in [1.807, 2.05) is 0 Å². The molecule has 0 atom stereocenters. The van der Waals surface area contributed by atoms with Gasteiger partial charge in [-0.2, -0.15) is 4.31 Å². The van der Waals surface area contributed by atoms with Crippen molar-refractivity contribution >= 4 is 23.0 Å². The van der Waals surface area contributed by atoms with Crippen LogP contribution in [0.2, 0.25) is 0 Å². The number of sulfonamides is 1. The Morgan fingerprint density at radius 3 is 2.56 bits per heavy atom. The third-order valence-electron chi connectivity index (χ3n) is 2.71. The summed E-state index contributed by atoms with van der Waals surface area (Å²) in [5, 5.41) is 8.86. The summed E-state index contributed by atoms with van der Waals surface area (Å²) in [5.74, 6) is 0. The highest BCUT2D eigenvalue weighted by Gasteiger charge is 2.26. The van der Waals surface area contributed by atoms with Crippen LogP contribution in [0.4, 0.5) is 0 Å². The van der Waals surface area contributed by atoms with Crippen LogP contribution >= 0.6 is 0 Å². The highest BCUT2D eigenvalue weighted by Crippen LogP contribution is 2.19. The Balaban J connectivity index is 2.34. The van der Waals surface area contributed by atoms with Crippen LogP contribution in [0.3, 0.4) is 0 Å². The first kappa shape index (κ1) is 11.6. The quantitative estimate of drug-likeness (QED) is 0.736. The van der Waals surface area contributed by atoms with Crippen molar-refractivity contribution in [3.63, 3.8) is 0 Å². The Hall–Kier alpha value is -0.845. The van der Waals surface area contributed by atoms with Gasteiger partial charge >= 0.3 is 7.48 Å². The van der Waals surface area contributed by atoms with Crippen LogP contribution in [-0.2, 0) is 10.0 Å². The molecule has 0 saturated carbocycles. The number of rotatable bonds is 3. The fourth-order valence-corrected chi connectivity index (χ4v) is 3.41. The zero-order valence-electron chi connectivity index (χ0n) is 8.83. The molecule has 1 radical (unpaired) electrons. The van der Waals surface area contributed by atoms with E-state index in [1.165, 1.54) is 10.4 Å². The second-order valence-corrected chi connectivity index (χ2v) is 5.75. The molecule has 1 saturated heterocycles. The van der Waals surface area contributed by atoms with Crippen molar-refractivity contribution in [3.05, 3.63) is 24.3 Å². The molecule has 0 unspecified atom stereocenters. The minimum atomic E-state index is -3.37. The molecule has 1 fully saturated rings. The number of nitrogens with zero attached hydrogens (tertiary/aromatic N) is 1. The Kier molecular flexibility index (Phi) is 3.32. The van der Waals surface area contributed by atoms with Gasteiger partial charge in [-0.15, -0.1) is 0 Å². The molecule has 0 aliphatic carbocycles. The first-order chi connectivity index (χ1) is 7.64. The predicted molar refractivity (Wildman–Crippen MR) is 62.0 cm³/mol. The molecule has 0 spiro atoms. The standard InChI is InChI=1S/C10H13BNO3S/c13-11-9-4-3-5-10(8-9)16(14,15)12-6-1-2-7-12/h3-5,8,13H,1-2,6-7H2. The van der Waals surface area contributed by atoms with E-state index in [0.29, 0.717) is 18.6 Å². The highest BCUT2D eigenvalue weighted by atomic mass is 32.2. The summed E-state index contributed by atoms with van der Waals surface area (Å²) in [7, 11) is -2.46. The summed E-state index contributed by atoms with van der Waals surface area (Å²) in [5.41, 5.74) is 0.500. The first-order valence-corrected chi connectivity index (χ1v) is 6.66. The minimum absolute atomic E-state index is 0.247. The lowest BCUT2D eigenvalue weighted by Crippen LogP contribution is -2.29. The lowest BCUT2D eigenvalue weighted by molar-refractivity contribution is 0.477. The maximum atomic E-state index is 12.1. The number of benzene rings is 1. The fraction of sp³-hybridized carbons (Fsp3) is 0.400. The van der Waals surface area contributed by atoms with Crippen LogP contribution in [0.5, 0.6) is 0 Å². The number of hydrogen-bond donors (Lipinski definition) is 1. The summed E-state index contributed by atoms with van der Waals surface area (Å²) in [6, 6.07) is 6.32. The van der Waals surface area contributed by atoms with Crippen molar-refractivity contribution in [1.82, 2.24) is 4.31 Å². The predicted octanol–water partition coefficient (Wildman–Crippen LogP) is -0.292. The van der Waals surface area contributed by atoms with E-state index in [0.717, 1.165) is 20.3 Å². The van der Waals surface area contributed by atoms with E-state index in [9.17, 15) is 8.42 Å². The Bertz CT molecular complexity index is 469. The molecule has 85 valence electrons. The van der Waals surface area contributed by atoms with Gasteiger partial charge in [0, 0.05) is 13.1 Å². The minimum Gasteiger partial charge on any atom is -0.450 e. The molecule has 4 nitrogen and oxygen atoms in total. The molecule has 1 aliphatic heterocycles. The van der Waals surface area contributed by atoms with Crippen molar-refractivity contribution in [3.8, 4) is 0 Å². The zero-order chi connectivity index (χ0) is 11.6. The van der Waals surface area contributed by atoms with Gasteiger partial charge in [0.1, 0.15) is 0 Å². The molecule has 16 heavy (non-hydrogen) atoms. The van der Waals surface area contributed by atoms with Crippen LogP contribution in [-0.4, -0.2) is 38.3 Å². The Labute approximate surface area is 96.2 Å². The molecule has 1 N–H and O–H groups in total. The second-order valence-electron chi connectivity index (χ2n) is 3.81. The van der Waals surface area contributed by atoms with Crippen LogP contribution in [0.25, 0.3) is 0 Å². The van der Waals surface area contributed by atoms with Crippen LogP contribution in [0.1, 0.15) is 12.8 Å². The molecular weight excluding hydrogens is 225 g/mol. The van der Waals surface area contributed by atoms with E-state index in [-0.39, 0.29) is 4.90 Å². The van der Waals surface area contributed by atoms with Crippen molar-refractivity contribution < 1.29 is 13.4 Å². The monoisotopic (exact) mass is 238 g/mol. The topological polar surface area (TPSA) is 57.6 Å². The van der Waals surface area contributed by atoms with Gasteiger partial charge in [0.15, 0.2) is 0 Å². The lowest BCUT2D eigenvalue weighted by atomic mass is 9.89. The summed E-state index contributed by atoms with van der Waals surface area (Å²) in [4.78, 5) is 0.247. The smallest absolute Gasteiger partial charge is 0.326 e. The van der Waals surface area contributed by atoms with E-state index in [1.54, 1.807) is 18.2 Å². The third kappa shape index (κ3) is 2.14. The summed E-state index contributed by atoms with van der Waals surface area (Å²) in [6.07, 6.45) is 1.84. The maximum Gasteiger partial charge on any atom is 0.326 e. The molecule has 0 aromatic heterocycles. The average molecular weight is 238 g/mol. The van der Waals surface area contributed by atoms with Crippen molar-refractivity contribution in [2.45, 2.75) is 17.7 Å². The van der Waals surface area contributed by atoms with E-state index in [2.05, 4.69) is 0 Å². The number of hydrogen-bond acceptors (Lipinski definition) is 3. The van der Waals surface area contributed by atoms with Crippen LogP contribution < -0.4 is 5.46 Å². The van der Waals surface area contributed by atoms with Gasteiger partial charge in [-0.1, -0.05) is 17.6 Å². The van der Waals surface area contributed by atoms with Gasteiger partial charge in [0.25, 0.3) is 0 Å². The van der Waals surface area contributed by atoms with E-state index < -0.39 is 10.0 Å². The lowest BCUT2D eigenvalue weighted by Gasteiger charge is -2.15. The van der Waals surface area contributed by atoms with Crippen LogP contribution in [0.15, 0.2) is 29.2 Å². The molecule has 0 bridgehead atoms. The molecule has 2 rings (SSSR count). The molecule has 1 aliphatic rings. The molecule has 1 aromatic rings. The Morgan fingerprint density at radius 1 is 1.25 bits per heavy atom. The largest absolute Gasteiger partial charge is 0.450 e. The summed E-state index contributed by atoms with van der Waals surface area (Å²) in [6.45, 7) is 1.19. The van der Waals surface area contributed by atoms with Crippen molar-refractivity contribution in [2.75, 3.05) is 13.1 Å². The van der Waals surface area contributed by atoms with Gasteiger partial charge in [-0.3, -0.25) is 0 Å². The SMILES string of the molecule is O=S(=O)(c1cccc([B]O)c1)N1CCCC1. The third-order valence-corrected chi connectivity index (χ3v) is 4.60. The van der Waals surface area contributed by atoms with Gasteiger partial charge in [-0.25, -0.2) is 8.42 Å². The average Bonchev–Trinajstić information content (AvgIpc) is 2.83. The first-order valence-electron chi connectivity index (χ1n) is 5.22. The van der Waals surface area contributed by atoms with E-state index in [4.69, 9.17) is 5.02 Å². The van der Waals surface area contributed by atoms with Gasteiger partial charge in [0.05, 0.1) is 4.90 Å². The fourth-order valence-electron chi connectivity index (χ4n) is 1.83. The second kappa shape index (κ2) is 4.57.